The molecule has 0 amide bonds. The topological polar surface area (TPSA) is 95.7 Å². The number of carbonyl (C=O) groups is 3. The molecule has 27 heavy (non-hydrogen) atoms. The van der Waals surface area contributed by atoms with Crippen molar-refractivity contribution in [2.24, 2.45) is 0 Å². The summed E-state index contributed by atoms with van der Waals surface area (Å²) in [5.41, 5.74) is 7.28. The van der Waals surface area contributed by atoms with Crippen molar-refractivity contribution < 1.29 is 23.9 Å². The Morgan fingerprint density at radius 3 is 1.52 bits per heavy atom. The second kappa shape index (κ2) is 7.97. The van der Waals surface area contributed by atoms with Gasteiger partial charge < -0.3 is 15.2 Å². The van der Waals surface area contributed by atoms with Crippen LogP contribution in [0.15, 0.2) is 72.8 Å². The Hall–Kier alpha value is -3.93. The summed E-state index contributed by atoms with van der Waals surface area (Å²) in [6.07, 6.45) is 0.704. The van der Waals surface area contributed by atoms with E-state index < -0.39 is 11.9 Å². The van der Waals surface area contributed by atoms with Crippen LogP contribution >= 0.6 is 0 Å². The van der Waals surface area contributed by atoms with Crippen LogP contribution in [0.1, 0.15) is 31.1 Å². The summed E-state index contributed by atoms with van der Waals surface area (Å²) < 4.78 is 10.5. The molecule has 0 spiro atoms. The molecule has 0 aliphatic rings. The van der Waals surface area contributed by atoms with Crippen molar-refractivity contribution in [3.05, 3.63) is 89.5 Å². The smallest absolute Gasteiger partial charge is 0.343 e. The number of aldehydes is 1. The molecule has 0 fully saturated rings. The summed E-state index contributed by atoms with van der Waals surface area (Å²) >= 11 is 0. The Kier molecular flexibility index (Phi) is 5.28. The van der Waals surface area contributed by atoms with Gasteiger partial charge in [-0.15, -0.1) is 0 Å². The fourth-order valence-electron chi connectivity index (χ4n) is 2.22. The maximum Gasteiger partial charge on any atom is 0.343 e. The minimum atomic E-state index is -0.565. The second-order valence-electron chi connectivity index (χ2n) is 5.61. The van der Waals surface area contributed by atoms with Crippen LogP contribution in [0.3, 0.4) is 0 Å². The third kappa shape index (κ3) is 4.58. The molecule has 0 saturated heterocycles. The molecule has 0 bridgehead atoms. The zero-order valence-electron chi connectivity index (χ0n) is 14.1. The fourth-order valence-corrected chi connectivity index (χ4v) is 2.22. The summed E-state index contributed by atoms with van der Waals surface area (Å²) in [5.74, 6) is -0.473. The van der Waals surface area contributed by atoms with Gasteiger partial charge in [0.25, 0.3) is 0 Å². The van der Waals surface area contributed by atoms with Gasteiger partial charge in [-0.3, -0.25) is 4.79 Å². The lowest BCUT2D eigenvalue weighted by molar-refractivity contribution is 0.0730. The molecule has 0 radical (unpaired) electrons. The van der Waals surface area contributed by atoms with Gasteiger partial charge >= 0.3 is 11.9 Å². The Labute approximate surface area is 155 Å². The third-order valence-corrected chi connectivity index (χ3v) is 3.67. The normalized spacial score (nSPS) is 10.1. The third-order valence-electron chi connectivity index (χ3n) is 3.67. The largest absolute Gasteiger partial charge is 0.423 e. The Bertz CT molecular complexity index is 961. The molecular formula is C21H15NO5. The van der Waals surface area contributed by atoms with E-state index in [1.165, 1.54) is 36.4 Å². The van der Waals surface area contributed by atoms with Gasteiger partial charge in [-0.2, -0.15) is 0 Å². The van der Waals surface area contributed by atoms with Crippen molar-refractivity contribution >= 4 is 23.9 Å². The van der Waals surface area contributed by atoms with E-state index in [2.05, 4.69) is 0 Å². The zero-order chi connectivity index (χ0) is 19.2. The average Bonchev–Trinajstić information content (AvgIpc) is 2.69. The van der Waals surface area contributed by atoms with Crippen LogP contribution in [0.5, 0.6) is 11.5 Å². The molecule has 0 unspecified atom stereocenters. The number of rotatable bonds is 5. The standard InChI is InChI=1S/C21H15NO5/c22-17-7-3-15(4-8-17)20(24)27-19-11-5-16(6-12-19)21(25)26-18-9-1-14(13-23)2-10-18/h1-13H,22H2. The predicted octanol–water partition coefficient (Wildman–Crippen LogP) is 3.52. The molecule has 6 heteroatoms. The van der Waals surface area contributed by atoms with Crippen molar-refractivity contribution in [2.45, 2.75) is 0 Å². The number of ether oxygens (including phenoxy) is 2. The van der Waals surface area contributed by atoms with E-state index in [-0.39, 0.29) is 0 Å². The van der Waals surface area contributed by atoms with E-state index in [4.69, 9.17) is 15.2 Å². The average molecular weight is 361 g/mol. The first kappa shape index (κ1) is 17.9. The lowest BCUT2D eigenvalue weighted by Gasteiger charge is -2.07. The molecule has 0 atom stereocenters. The molecule has 0 aliphatic carbocycles. The SMILES string of the molecule is Nc1ccc(C(=O)Oc2ccc(C(=O)Oc3ccc(C=O)cc3)cc2)cc1. The summed E-state index contributed by atoms with van der Waals surface area (Å²) in [5, 5.41) is 0. The molecule has 0 aliphatic heterocycles. The molecule has 2 N–H and O–H groups in total. The number of benzene rings is 3. The highest BCUT2D eigenvalue weighted by atomic mass is 16.5. The van der Waals surface area contributed by atoms with Crippen molar-refractivity contribution in [1.82, 2.24) is 0 Å². The highest BCUT2D eigenvalue weighted by Gasteiger charge is 2.11. The van der Waals surface area contributed by atoms with E-state index in [1.54, 1.807) is 36.4 Å². The maximum absolute atomic E-state index is 12.1. The van der Waals surface area contributed by atoms with E-state index in [0.717, 1.165) is 0 Å². The number of hydrogen-bond acceptors (Lipinski definition) is 6. The van der Waals surface area contributed by atoms with Crippen LogP contribution in [0.4, 0.5) is 5.69 Å². The van der Waals surface area contributed by atoms with Gasteiger partial charge in [-0.25, -0.2) is 9.59 Å². The zero-order valence-corrected chi connectivity index (χ0v) is 14.1. The lowest BCUT2D eigenvalue weighted by atomic mass is 10.2. The predicted molar refractivity (Wildman–Crippen MR) is 99.0 cm³/mol. The maximum atomic E-state index is 12.1. The lowest BCUT2D eigenvalue weighted by Crippen LogP contribution is -2.10. The van der Waals surface area contributed by atoms with Crippen LogP contribution in [-0.4, -0.2) is 18.2 Å². The number of nitrogen functional groups attached to an aromatic ring is 1. The molecule has 134 valence electrons. The van der Waals surface area contributed by atoms with Gasteiger partial charge in [0.05, 0.1) is 11.1 Å². The van der Waals surface area contributed by atoms with E-state index in [9.17, 15) is 14.4 Å². The second-order valence-corrected chi connectivity index (χ2v) is 5.61. The number of hydrogen-bond donors (Lipinski definition) is 1. The van der Waals surface area contributed by atoms with Gasteiger partial charge in [-0.05, 0) is 72.8 Å². The van der Waals surface area contributed by atoms with E-state index in [0.29, 0.717) is 40.2 Å². The van der Waals surface area contributed by atoms with Gasteiger partial charge in [0.2, 0.25) is 0 Å². The number of anilines is 1. The highest BCUT2D eigenvalue weighted by Crippen LogP contribution is 2.18. The van der Waals surface area contributed by atoms with Crippen molar-refractivity contribution in [1.29, 1.82) is 0 Å². The van der Waals surface area contributed by atoms with Gasteiger partial charge in [-0.1, -0.05) is 0 Å². The number of carbonyl (C=O) groups excluding carboxylic acids is 3. The number of nitrogens with two attached hydrogens (primary N) is 1. The Balaban J connectivity index is 1.63. The summed E-state index contributed by atoms with van der Waals surface area (Å²) in [6.45, 7) is 0. The summed E-state index contributed by atoms with van der Waals surface area (Å²) in [7, 11) is 0. The first-order valence-electron chi connectivity index (χ1n) is 8.00. The van der Waals surface area contributed by atoms with Crippen LogP contribution in [0.2, 0.25) is 0 Å². The minimum absolute atomic E-state index is 0.293. The summed E-state index contributed by atoms with van der Waals surface area (Å²) in [6, 6.07) is 18.5. The number of esters is 2. The van der Waals surface area contributed by atoms with Crippen molar-refractivity contribution in [3.8, 4) is 11.5 Å². The Morgan fingerprint density at radius 2 is 1.07 bits per heavy atom. The monoisotopic (exact) mass is 361 g/mol. The van der Waals surface area contributed by atoms with Crippen molar-refractivity contribution in [2.75, 3.05) is 5.73 Å². The molecule has 0 heterocycles. The minimum Gasteiger partial charge on any atom is -0.423 e. The van der Waals surface area contributed by atoms with Gasteiger partial charge in [0.1, 0.15) is 17.8 Å². The van der Waals surface area contributed by atoms with E-state index in [1.807, 2.05) is 0 Å². The van der Waals surface area contributed by atoms with Crippen LogP contribution in [0.25, 0.3) is 0 Å². The quantitative estimate of drug-likeness (QED) is 0.323. The summed E-state index contributed by atoms with van der Waals surface area (Å²) in [4.78, 5) is 34.8. The van der Waals surface area contributed by atoms with Gasteiger partial charge in [0, 0.05) is 11.3 Å². The van der Waals surface area contributed by atoms with Crippen molar-refractivity contribution in [3.63, 3.8) is 0 Å². The van der Waals surface area contributed by atoms with Gasteiger partial charge in [0.15, 0.2) is 0 Å². The van der Waals surface area contributed by atoms with E-state index >= 15 is 0 Å². The molecular weight excluding hydrogens is 346 g/mol. The molecule has 0 aromatic heterocycles. The first-order chi connectivity index (χ1) is 13.0. The highest BCUT2D eigenvalue weighted by molar-refractivity contribution is 5.93. The fraction of sp³-hybridized carbons (Fsp3) is 0. The molecule has 6 nitrogen and oxygen atoms in total. The van der Waals surface area contributed by atoms with Crippen LogP contribution in [0, 0.1) is 0 Å². The van der Waals surface area contributed by atoms with Crippen LogP contribution in [-0.2, 0) is 0 Å². The molecule has 3 aromatic rings. The molecule has 3 rings (SSSR count). The Morgan fingerprint density at radius 1 is 0.667 bits per heavy atom. The van der Waals surface area contributed by atoms with Crippen LogP contribution < -0.4 is 15.2 Å². The molecule has 3 aromatic carbocycles. The first-order valence-corrected chi connectivity index (χ1v) is 8.00. The molecule has 0 saturated carbocycles.